The zero-order valence-electron chi connectivity index (χ0n) is 14.4. The van der Waals surface area contributed by atoms with Crippen LogP contribution >= 0.6 is 0 Å². The Labute approximate surface area is 154 Å². The molecule has 0 saturated heterocycles. The number of carbonyl (C=O) groups excluding carboxylic acids is 1. The van der Waals surface area contributed by atoms with Gasteiger partial charge in [-0.25, -0.2) is 4.79 Å². The highest BCUT2D eigenvalue weighted by Gasteiger charge is 2.32. The Kier molecular flexibility index (Phi) is 7.48. The number of hydrogen-bond donors (Lipinski definition) is 2. The maximum Gasteiger partial charge on any atom is 0.573 e. The van der Waals surface area contributed by atoms with E-state index in [-0.39, 0.29) is 37.5 Å². The summed E-state index contributed by atoms with van der Waals surface area (Å²) >= 11 is 0. The van der Waals surface area contributed by atoms with Crippen molar-refractivity contribution in [1.29, 1.82) is 0 Å². The maximum atomic E-state index is 12.5. The SMILES string of the molecule is O=C(NCC(CO)Cc1ccccc1OC(F)(F)F)OCc1ccccc1. The summed E-state index contributed by atoms with van der Waals surface area (Å²) in [5.74, 6) is -0.817. The molecule has 0 aliphatic carbocycles. The van der Waals surface area contributed by atoms with Gasteiger partial charge in [-0.2, -0.15) is 0 Å². The predicted octanol–water partition coefficient (Wildman–Crippen LogP) is 3.66. The van der Waals surface area contributed by atoms with E-state index >= 15 is 0 Å². The van der Waals surface area contributed by atoms with Gasteiger partial charge in [0.05, 0.1) is 0 Å². The number of benzene rings is 2. The van der Waals surface area contributed by atoms with Gasteiger partial charge in [-0.05, 0) is 23.6 Å². The van der Waals surface area contributed by atoms with E-state index in [2.05, 4.69) is 10.1 Å². The molecule has 0 bridgehead atoms. The maximum absolute atomic E-state index is 12.5. The van der Waals surface area contributed by atoms with Crippen LogP contribution in [-0.4, -0.2) is 30.7 Å². The van der Waals surface area contributed by atoms with Gasteiger partial charge < -0.3 is 19.9 Å². The van der Waals surface area contributed by atoms with Crippen LogP contribution in [0.25, 0.3) is 0 Å². The number of alkyl carbamates (subject to hydrolysis) is 1. The van der Waals surface area contributed by atoms with E-state index in [4.69, 9.17) is 4.74 Å². The first-order chi connectivity index (χ1) is 12.9. The lowest BCUT2D eigenvalue weighted by Crippen LogP contribution is -2.32. The average molecular weight is 383 g/mol. The molecule has 1 unspecified atom stereocenters. The number of alkyl halides is 3. The molecule has 0 aliphatic heterocycles. The molecule has 27 heavy (non-hydrogen) atoms. The molecule has 5 nitrogen and oxygen atoms in total. The van der Waals surface area contributed by atoms with Gasteiger partial charge in [0, 0.05) is 19.1 Å². The highest BCUT2D eigenvalue weighted by atomic mass is 19.4. The summed E-state index contributed by atoms with van der Waals surface area (Å²) in [5.41, 5.74) is 1.11. The highest BCUT2D eigenvalue weighted by molar-refractivity contribution is 5.67. The number of ether oxygens (including phenoxy) is 2. The Morgan fingerprint density at radius 1 is 1.07 bits per heavy atom. The summed E-state index contributed by atoms with van der Waals surface area (Å²) < 4.78 is 46.5. The van der Waals surface area contributed by atoms with Crippen LogP contribution in [0.2, 0.25) is 0 Å². The quantitative estimate of drug-likeness (QED) is 0.730. The van der Waals surface area contributed by atoms with Crippen LogP contribution in [0.4, 0.5) is 18.0 Å². The van der Waals surface area contributed by atoms with Crippen molar-refractivity contribution < 1.29 is 32.5 Å². The van der Waals surface area contributed by atoms with Crippen molar-refractivity contribution in [1.82, 2.24) is 5.32 Å². The molecule has 2 rings (SSSR count). The van der Waals surface area contributed by atoms with Crippen LogP contribution in [0.15, 0.2) is 54.6 Å². The monoisotopic (exact) mass is 383 g/mol. The summed E-state index contributed by atoms with van der Waals surface area (Å²) in [6.07, 6.45) is -5.37. The summed E-state index contributed by atoms with van der Waals surface area (Å²) in [7, 11) is 0. The minimum absolute atomic E-state index is 0.0461. The molecule has 2 aromatic carbocycles. The Bertz CT molecular complexity index is 722. The largest absolute Gasteiger partial charge is 0.573 e. The van der Waals surface area contributed by atoms with E-state index in [9.17, 15) is 23.1 Å². The third-order valence-corrected chi connectivity index (χ3v) is 3.71. The van der Waals surface area contributed by atoms with Crippen molar-refractivity contribution in [2.75, 3.05) is 13.2 Å². The lowest BCUT2D eigenvalue weighted by molar-refractivity contribution is -0.274. The van der Waals surface area contributed by atoms with Crippen molar-refractivity contribution in [3.05, 3.63) is 65.7 Å². The van der Waals surface area contributed by atoms with Crippen molar-refractivity contribution in [3.63, 3.8) is 0 Å². The van der Waals surface area contributed by atoms with Crippen LogP contribution in [0, 0.1) is 5.92 Å². The zero-order chi connectivity index (χ0) is 19.7. The van der Waals surface area contributed by atoms with Gasteiger partial charge in [0.1, 0.15) is 12.4 Å². The standard InChI is InChI=1S/C19H20F3NO4/c20-19(21,22)27-17-9-5-4-8-16(17)10-15(12-24)11-23-18(25)26-13-14-6-2-1-3-7-14/h1-9,15,24H,10-13H2,(H,23,25). The van der Waals surface area contributed by atoms with Gasteiger partial charge in [0.25, 0.3) is 0 Å². The number of nitrogens with one attached hydrogen (secondary N) is 1. The molecule has 2 aromatic rings. The summed E-state index contributed by atoms with van der Waals surface area (Å²) in [6.45, 7) is -0.178. The lowest BCUT2D eigenvalue weighted by atomic mass is 9.99. The molecular formula is C19H20F3NO4. The number of carbonyl (C=O) groups is 1. The van der Waals surface area contributed by atoms with E-state index in [0.717, 1.165) is 5.56 Å². The van der Waals surface area contributed by atoms with Crippen molar-refractivity contribution in [2.45, 2.75) is 19.4 Å². The Morgan fingerprint density at radius 2 is 1.74 bits per heavy atom. The number of halogens is 3. The van der Waals surface area contributed by atoms with Crippen molar-refractivity contribution in [3.8, 4) is 5.75 Å². The van der Waals surface area contributed by atoms with Crippen LogP contribution in [0.1, 0.15) is 11.1 Å². The fraction of sp³-hybridized carbons (Fsp3) is 0.316. The third kappa shape index (κ3) is 7.57. The first-order valence-corrected chi connectivity index (χ1v) is 8.26. The second-order valence-electron chi connectivity index (χ2n) is 5.85. The highest BCUT2D eigenvalue weighted by Crippen LogP contribution is 2.27. The van der Waals surface area contributed by atoms with Crippen LogP contribution in [0.3, 0.4) is 0 Å². The molecule has 0 heterocycles. The van der Waals surface area contributed by atoms with Gasteiger partial charge in [0.15, 0.2) is 0 Å². The summed E-state index contributed by atoms with van der Waals surface area (Å²) in [6, 6.07) is 14.8. The van der Waals surface area contributed by atoms with Crippen LogP contribution in [0.5, 0.6) is 5.75 Å². The second-order valence-corrected chi connectivity index (χ2v) is 5.85. The number of para-hydroxylation sites is 1. The molecule has 0 spiro atoms. The predicted molar refractivity (Wildman–Crippen MR) is 92.0 cm³/mol. The molecule has 0 fully saturated rings. The molecule has 0 aliphatic rings. The molecule has 0 radical (unpaired) electrons. The second kappa shape index (κ2) is 9.82. The van der Waals surface area contributed by atoms with Crippen molar-refractivity contribution in [2.24, 2.45) is 5.92 Å². The Balaban J connectivity index is 1.86. The molecule has 2 N–H and O–H groups in total. The number of amides is 1. The first kappa shape index (κ1) is 20.6. The number of hydrogen-bond acceptors (Lipinski definition) is 4. The molecule has 1 atom stereocenters. The fourth-order valence-corrected chi connectivity index (χ4v) is 2.41. The first-order valence-electron chi connectivity index (χ1n) is 8.26. The van der Waals surface area contributed by atoms with Gasteiger partial charge >= 0.3 is 12.5 Å². The zero-order valence-corrected chi connectivity index (χ0v) is 14.4. The molecule has 146 valence electrons. The topological polar surface area (TPSA) is 67.8 Å². The Morgan fingerprint density at radius 3 is 2.41 bits per heavy atom. The minimum Gasteiger partial charge on any atom is -0.445 e. The average Bonchev–Trinajstić information content (AvgIpc) is 2.64. The van der Waals surface area contributed by atoms with E-state index in [1.807, 2.05) is 18.2 Å². The van der Waals surface area contributed by atoms with Gasteiger partial charge in [-0.3, -0.25) is 0 Å². The normalized spacial score (nSPS) is 12.3. The van der Waals surface area contributed by atoms with Gasteiger partial charge in [-0.1, -0.05) is 48.5 Å². The van der Waals surface area contributed by atoms with Crippen molar-refractivity contribution >= 4 is 6.09 Å². The summed E-state index contributed by atoms with van der Waals surface area (Å²) in [5, 5.41) is 12.0. The number of rotatable bonds is 8. The number of aliphatic hydroxyl groups excluding tert-OH is 1. The minimum atomic E-state index is -4.80. The van der Waals surface area contributed by atoms with E-state index in [1.165, 1.54) is 18.2 Å². The van der Waals surface area contributed by atoms with E-state index in [0.29, 0.717) is 0 Å². The molecule has 0 aromatic heterocycles. The summed E-state index contributed by atoms with van der Waals surface area (Å²) in [4.78, 5) is 11.8. The molecule has 1 amide bonds. The fourth-order valence-electron chi connectivity index (χ4n) is 2.41. The van der Waals surface area contributed by atoms with E-state index < -0.39 is 18.4 Å². The Hall–Kier alpha value is -2.74. The smallest absolute Gasteiger partial charge is 0.445 e. The molecule has 0 saturated carbocycles. The molecular weight excluding hydrogens is 363 g/mol. The lowest BCUT2D eigenvalue weighted by Gasteiger charge is -2.18. The molecule has 8 heteroatoms. The number of aliphatic hydroxyl groups is 1. The van der Waals surface area contributed by atoms with Crippen LogP contribution < -0.4 is 10.1 Å². The van der Waals surface area contributed by atoms with E-state index in [1.54, 1.807) is 18.2 Å². The van der Waals surface area contributed by atoms with Gasteiger partial charge in [-0.15, -0.1) is 13.2 Å². The third-order valence-electron chi connectivity index (χ3n) is 3.71. The van der Waals surface area contributed by atoms with Crippen LogP contribution in [-0.2, 0) is 17.8 Å². The van der Waals surface area contributed by atoms with Gasteiger partial charge in [0.2, 0.25) is 0 Å².